The number of ether oxygens (including phenoxy) is 2. The van der Waals surface area contributed by atoms with Crippen molar-refractivity contribution in [1.29, 1.82) is 5.26 Å². The van der Waals surface area contributed by atoms with Crippen LogP contribution in [0.4, 0.5) is 0 Å². The SMILES string of the molecule is COCc1c(C#N)nnn1-c1cccc(C(=O)OC(C)C)c1. The smallest absolute Gasteiger partial charge is 0.338 e. The van der Waals surface area contributed by atoms with Crippen LogP contribution in [0.2, 0.25) is 0 Å². The van der Waals surface area contributed by atoms with Crippen LogP contribution in [0.3, 0.4) is 0 Å². The zero-order chi connectivity index (χ0) is 16.1. The number of carbonyl (C=O) groups is 1. The quantitative estimate of drug-likeness (QED) is 0.783. The number of benzene rings is 1. The predicted molar refractivity (Wildman–Crippen MR) is 77.3 cm³/mol. The average molecular weight is 300 g/mol. The van der Waals surface area contributed by atoms with Gasteiger partial charge in [0.05, 0.1) is 24.0 Å². The lowest BCUT2D eigenvalue weighted by Crippen LogP contribution is -2.12. The number of nitriles is 1. The van der Waals surface area contributed by atoms with Crippen LogP contribution in [-0.2, 0) is 16.1 Å². The fraction of sp³-hybridized carbons (Fsp3) is 0.333. The molecule has 2 aromatic rings. The Morgan fingerprint density at radius 1 is 1.45 bits per heavy atom. The van der Waals surface area contributed by atoms with Crippen LogP contribution < -0.4 is 0 Å². The number of carbonyl (C=O) groups excluding carboxylic acids is 1. The van der Waals surface area contributed by atoms with E-state index in [0.717, 1.165) is 0 Å². The monoisotopic (exact) mass is 300 g/mol. The third-order valence-electron chi connectivity index (χ3n) is 2.82. The van der Waals surface area contributed by atoms with E-state index in [1.54, 1.807) is 38.1 Å². The topological polar surface area (TPSA) is 90.0 Å². The first-order chi connectivity index (χ1) is 10.6. The summed E-state index contributed by atoms with van der Waals surface area (Å²) in [4.78, 5) is 12.0. The Morgan fingerprint density at radius 2 is 2.23 bits per heavy atom. The van der Waals surface area contributed by atoms with E-state index in [2.05, 4.69) is 10.3 Å². The zero-order valence-corrected chi connectivity index (χ0v) is 12.6. The molecule has 2 rings (SSSR count). The van der Waals surface area contributed by atoms with Crippen molar-refractivity contribution in [2.75, 3.05) is 7.11 Å². The second kappa shape index (κ2) is 6.83. The largest absolute Gasteiger partial charge is 0.459 e. The summed E-state index contributed by atoms with van der Waals surface area (Å²) in [5.41, 5.74) is 1.74. The molecule has 0 saturated carbocycles. The molecule has 0 atom stereocenters. The average Bonchev–Trinajstić information content (AvgIpc) is 2.90. The summed E-state index contributed by atoms with van der Waals surface area (Å²) >= 11 is 0. The molecule has 0 fully saturated rings. The van der Waals surface area contributed by atoms with Gasteiger partial charge in [-0.1, -0.05) is 11.3 Å². The van der Waals surface area contributed by atoms with Gasteiger partial charge in [0.15, 0.2) is 5.69 Å². The normalized spacial score (nSPS) is 10.5. The van der Waals surface area contributed by atoms with Crippen molar-refractivity contribution < 1.29 is 14.3 Å². The van der Waals surface area contributed by atoms with Crippen molar-refractivity contribution in [3.8, 4) is 11.8 Å². The van der Waals surface area contributed by atoms with E-state index >= 15 is 0 Å². The molecule has 0 amide bonds. The van der Waals surface area contributed by atoms with Gasteiger partial charge in [0, 0.05) is 7.11 Å². The second-order valence-electron chi connectivity index (χ2n) is 4.85. The maximum atomic E-state index is 12.0. The Kier molecular flexibility index (Phi) is 4.86. The van der Waals surface area contributed by atoms with E-state index in [1.807, 2.05) is 6.07 Å². The molecule has 0 aliphatic rings. The molecule has 7 nitrogen and oxygen atoms in total. The molecular weight excluding hydrogens is 284 g/mol. The van der Waals surface area contributed by atoms with E-state index in [1.165, 1.54) is 11.8 Å². The molecule has 22 heavy (non-hydrogen) atoms. The van der Waals surface area contributed by atoms with Crippen molar-refractivity contribution in [1.82, 2.24) is 15.0 Å². The molecule has 0 saturated heterocycles. The van der Waals surface area contributed by atoms with Crippen LogP contribution >= 0.6 is 0 Å². The molecular formula is C15H16N4O3. The van der Waals surface area contributed by atoms with Crippen LogP contribution in [0, 0.1) is 11.3 Å². The van der Waals surface area contributed by atoms with Gasteiger partial charge in [0.1, 0.15) is 11.8 Å². The van der Waals surface area contributed by atoms with E-state index < -0.39 is 5.97 Å². The van der Waals surface area contributed by atoms with E-state index in [0.29, 0.717) is 16.9 Å². The Balaban J connectivity index is 2.40. The number of methoxy groups -OCH3 is 1. The maximum Gasteiger partial charge on any atom is 0.338 e. The Labute approximate surface area is 128 Å². The molecule has 0 radical (unpaired) electrons. The minimum atomic E-state index is -0.411. The highest BCUT2D eigenvalue weighted by Gasteiger charge is 2.16. The number of nitrogens with zero attached hydrogens (tertiary/aromatic N) is 4. The van der Waals surface area contributed by atoms with Gasteiger partial charge in [0.25, 0.3) is 0 Å². The molecule has 114 valence electrons. The summed E-state index contributed by atoms with van der Waals surface area (Å²) in [5.74, 6) is -0.411. The number of esters is 1. The van der Waals surface area contributed by atoms with Crippen LogP contribution in [0.15, 0.2) is 24.3 Å². The Morgan fingerprint density at radius 3 is 2.86 bits per heavy atom. The van der Waals surface area contributed by atoms with Gasteiger partial charge in [-0.3, -0.25) is 0 Å². The standard InChI is InChI=1S/C15H16N4O3/c1-10(2)22-15(20)11-5-4-6-12(7-11)19-14(9-21-3)13(8-16)17-18-19/h4-7,10H,9H2,1-3H3. The van der Waals surface area contributed by atoms with Gasteiger partial charge in [-0.05, 0) is 32.0 Å². The maximum absolute atomic E-state index is 12.0. The van der Waals surface area contributed by atoms with E-state index in [9.17, 15) is 4.79 Å². The number of aromatic nitrogens is 3. The van der Waals surface area contributed by atoms with Gasteiger partial charge < -0.3 is 9.47 Å². The minimum Gasteiger partial charge on any atom is -0.459 e. The first-order valence-corrected chi connectivity index (χ1v) is 6.71. The summed E-state index contributed by atoms with van der Waals surface area (Å²) in [6.07, 6.45) is -0.197. The van der Waals surface area contributed by atoms with Crippen LogP contribution in [0.1, 0.15) is 35.6 Å². The number of hydrogen-bond donors (Lipinski definition) is 0. The van der Waals surface area contributed by atoms with Crippen molar-refractivity contribution in [3.05, 3.63) is 41.2 Å². The highest BCUT2D eigenvalue weighted by Crippen LogP contribution is 2.16. The minimum absolute atomic E-state index is 0.191. The summed E-state index contributed by atoms with van der Waals surface area (Å²) in [6, 6.07) is 8.75. The predicted octanol–water partition coefficient (Wildman–Crippen LogP) is 1.85. The molecule has 0 unspecified atom stereocenters. The molecule has 0 N–H and O–H groups in total. The molecule has 1 aromatic heterocycles. The van der Waals surface area contributed by atoms with Crippen molar-refractivity contribution >= 4 is 5.97 Å². The molecule has 0 spiro atoms. The number of hydrogen-bond acceptors (Lipinski definition) is 6. The molecule has 1 aromatic carbocycles. The molecule has 0 aliphatic carbocycles. The summed E-state index contributed by atoms with van der Waals surface area (Å²) in [6.45, 7) is 3.76. The lowest BCUT2D eigenvalue weighted by Gasteiger charge is -2.10. The molecule has 0 bridgehead atoms. The summed E-state index contributed by atoms with van der Waals surface area (Å²) < 4.78 is 11.7. The van der Waals surface area contributed by atoms with Gasteiger partial charge in [-0.2, -0.15) is 5.26 Å². The Hall–Kier alpha value is -2.72. The first-order valence-electron chi connectivity index (χ1n) is 6.71. The van der Waals surface area contributed by atoms with Crippen molar-refractivity contribution in [2.45, 2.75) is 26.6 Å². The lowest BCUT2D eigenvalue weighted by molar-refractivity contribution is 0.0378. The van der Waals surface area contributed by atoms with Gasteiger partial charge in [-0.15, -0.1) is 5.10 Å². The van der Waals surface area contributed by atoms with Crippen molar-refractivity contribution in [3.63, 3.8) is 0 Å². The van der Waals surface area contributed by atoms with E-state index in [-0.39, 0.29) is 18.4 Å². The molecule has 7 heteroatoms. The Bertz CT molecular complexity index is 716. The second-order valence-corrected chi connectivity index (χ2v) is 4.85. The fourth-order valence-corrected chi connectivity index (χ4v) is 1.91. The number of rotatable bonds is 5. The fourth-order valence-electron chi connectivity index (χ4n) is 1.91. The lowest BCUT2D eigenvalue weighted by atomic mass is 10.2. The molecule has 0 aliphatic heterocycles. The van der Waals surface area contributed by atoms with E-state index in [4.69, 9.17) is 14.7 Å². The summed E-state index contributed by atoms with van der Waals surface area (Å²) in [5, 5.41) is 16.8. The van der Waals surface area contributed by atoms with Gasteiger partial charge in [0.2, 0.25) is 0 Å². The van der Waals surface area contributed by atoms with Gasteiger partial charge in [-0.25, -0.2) is 9.48 Å². The highest BCUT2D eigenvalue weighted by atomic mass is 16.5. The first kappa shape index (κ1) is 15.7. The van der Waals surface area contributed by atoms with Crippen LogP contribution in [0.5, 0.6) is 0 Å². The zero-order valence-electron chi connectivity index (χ0n) is 12.6. The molecule has 1 heterocycles. The van der Waals surface area contributed by atoms with Crippen molar-refractivity contribution in [2.24, 2.45) is 0 Å². The summed E-state index contributed by atoms with van der Waals surface area (Å²) in [7, 11) is 1.52. The third-order valence-corrected chi connectivity index (χ3v) is 2.82. The van der Waals surface area contributed by atoms with Crippen LogP contribution in [0.25, 0.3) is 5.69 Å². The third kappa shape index (κ3) is 3.30. The highest BCUT2D eigenvalue weighted by molar-refractivity contribution is 5.90. The van der Waals surface area contributed by atoms with Crippen LogP contribution in [-0.4, -0.2) is 34.2 Å². The van der Waals surface area contributed by atoms with Gasteiger partial charge >= 0.3 is 5.97 Å².